The number of benzene rings is 1. The highest BCUT2D eigenvalue weighted by Gasteiger charge is 2.13. The first-order valence-corrected chi connectivity index (χ1v) is 6.39. The van der Waals surface area contributed by atoms with Gasteiger partial charge in [0.1, 0.15) is 12.6 Å². The molecule has 0 atom stereocenters. The van der Waals surface area contributed by atoms with Crippen molar-refractivity contribution in [2.45, 2.75) is 20.4 Å². The molecule has 2 rings (SSSR count). The average molecular weight is 289 g/mol. The third kappa shape index (κ3) is 2.81. The monoisotopic (exact) mass is 288 g/mol. The van der Waals surface area contributed by atoms with Crippen LogP contribution in [0.1, 0.15) is 17.0 Å². The summed E-state index contributed by atoms with van der Waals surface area (Å²) >= 11 is 6.03. The first kappa shape index (κ1) is 14.1. The number of hydrogen-bond acceptors (Lipinski definition) is 3. The van der Waals surface area contributed by atoms with E-state index in [1.54, 1.807) is 42.8 Å². The van der Waals surface area contributed by atoms with Crippen molar-refractivity contribution >= 4 is 23.2 Å². The number of carbonyl (C=O) groups is 1. The summed E-state index contributed by atoms with van der Waals surface area (Å²) in [5.41, 5.74) is 2.35. The van der Waals surface area contributed by atoms with Gasteiger partial charge in [-0.25, -0.2) is 0 Å². The van der Waals surface area contributed by atoms with E-state index in [1.807, 2.05) is 6.07 Å². The van der Waals surface area contributed by atoms with Crippen molar-refractivity contribution in [3.63, 3.8) is 0 Å². The molecule has 0 unspecified atom stereocenters. The third-order valence-corrected chi connectivity index (χ3v) is 3.46. The molecule has 1 aromatic carbocycles. The highest BCUT2D eigenvalue weighted by molar-refractivity contribution is 6.31. The second-order valence-corrected chi connectivity index (χ2v) is 4.73. The van der Waals surface area contributed by atoms with Crippen molar-refractivity contribution in [2.75, 3.05) is 5.32 Å². The molecule has 0 aliphatic heterocycles. The van der Waals surface area contributed by atoms with E-state index in [-0.39, 0.29) is 12.5 Å². The summed E-state index contributed by atoms with van der Waals surface area (Å²) in [4.78, 5) is 12.0. The number of hydrogen-bond donors (Lipinski definition) is 1. The molecule has 0 fully saturated rings. The van der Waals surface area contributed by atoms with E-state index < -0.39 is 0 Å². The summed E-state index contributed by atoms with van der Waals surface area (Å²) in [7, 11) is 0. The normalized spacial score (nSPS) is 10.1. The molecule has 1 amide bonds. The maximum atomic E-state index is 12.0. The summed E-state index contributed by atoms with van der Waals surface area (Å²) in [6, 6.07) is 8.87. The molecule has 6 heteroatoms. The predicted octanol–water partition coefficient (Wildman–Crippen LogP) is 2.66. The van der Waals surface area contributed by atoms with Crippen LogP contribution in [-0.4, -0.2) is 15.7 Å². The summed E-state index contributed by atoms with van der Waals surface area (Å²) in [5.74, 6) is -0.255. The van der Waals surface area contributed by atoms with Gasteiger partial charge in [0.05, 0.1) is 27.7 Å². The Kier molecular flexibility index (Phi) is 4.06. The maximum absolute atomic E-state index is 12.0. The van der Waals surface area contributed by atoms with E-state index in [0.29, 0.717) is 22.0 Å². The van der Waals surface area contributed by atoms with Crippen molar-refractivity contribution in [2.24, 2.45) is 0 Å². The standard InChI is InChI=1S/C14H13ClN4O/c1-9-14(15)10(2)19(18-9)8-13(20)17-12-6-4-3-5-11(12)7-16/h3-6H,8H2,1-2H3,(H,17,20). The largest absolute Gasteiger partial charge is 0.323 e. The number of aromatic nitrogens is 2. The summed E-state index contributed by atoms with van der Waals surface area (Å²) in [6.07, 6.45) is 0. The second-order valence-electron chi connectivity index (χ2n) is 4.35. The Bertz CT molecular complexity index is 700. The fourth-order valence-electron chi connectivity index (χ4n) is 1.84. The van der Waals surface area contributed by atoms with Crippen molar-refractivity contribution in [1.29, 1.82) is 5.26 Å². The molecule has 0 radical (unpaired) electrons. The molecule has 20 heavy (non-hydrogen) atoms. The molecule has 1 heterocycles. The van der Waals surface area contributed by atoms with Gasteiger partial charge in [-0.15, -0.1) is 0 Å². The number of rotatable bonds is 3. The second kappa shape index (κ2) is 5.76. The molecule has 1 N–H and O–H groups in total. The highest BCUT2D eigenvalue weighted by atomic mass is 35.5. The highest BCUT2D eigenvalue weighted by Crippen LogP contribution is 2.19. The van der Waals surface area contributed by atoms with Gasteiger partial charge >= 0.3 is 0 Å². The SMILES string of the molecule is Cc1nn(CC(=O)Nc2ccccc2C#N)c(C)c1Cl. The van der Waals surface area contributed by atoms with Gasteiger partial charge in [0.15, 0.2) is 0 Å². The van der Waals surface area contributed by atoms with E-state index in [2.05, 4.69) is 10.4 Å². The van der Waals surface area contributed by atoms with Crippen LogP contribution >= 0.6 is 11.6 Å². The molecule has 0 aliphatic carbocycles. The van der Waals surface area contributed by atoms with Crippen LogP contribution in [0, 0.1) is 25.2 Å². The maximum Gasteiger partial charge on any atom is 0.246 e. The molecular formula is C14H13ClN4O. The number of nitrogens with zero attached hydrogens (tertiary/aromatic N) is 3. The molecule has 0 saturated carbocycles. The minimum absolute atomic E-state index is 0.0547. The van der Waals surface area contributed by atoms with Crippen LogP contribution in [0.25, 0.3) is 0 Å². The summed E-state index contributed by atoms with van der Waals surface area (Å²) < 4.78 is 1.54. The predicted molar refractivity (Wildman–Crippen MR) is 76.5 cm³/mol. The first-order valence-electron chi connectivity index (χ1n) is 6.01. The molecule has 2 aromatic rings. The fraction of sp³-hybridized carbons (Fsp3) is 0.214. The van der Waals surface area contributed by atoms with Crippen LogP contribution in [0.15, 0.2) is 24.3 Å². The number of aryl methyl sites for hydroxylation is 1. The Balaban J connectivity index is 2.14. The topological polar surface area (TPSA) is 70.7 Å². The molecule has 102 valence electrons. The van der Waals surface area contributed by atoms with Crippen molar-refractivity contribution < 1.29 is 4.79 Å². The van der Waals surface area contributed by atoms with Crippen LogP contribution < -0.4 is 5.32 Å². The van der Waals surface area contributed by atoms with Crippen molar-refractivity contribution in [1.82, 2.24) is 9.78 Å². The van der Waals surface area contributed by atoms with Gasteiger partial charge in [-0.05, 0) is 26.0 Å². The zero-order chi connectivity index (χ0) is 14.7. The van der Waals surface area contributed by atoms with E-state index in [1.165, 1.54) is 0 Å². The van der Waals surface area contributed by atoms with Gasteiger partial charge in [0, 0.05) is 0 Å². The van der Waals surface area contributed by atoms with Gasteiger partial charge in [0.2, 0.25) is 5.91 Å². The van der Waals surface area contributed by atoms with Crippen LogP contribution in [-0.2, 0) is 11.3 Å². The number of carbonyl (C=O) groups excluding carboxylic acids is 1. The van der Waals surface area contributed by atoms with Gasteiger partial charge in [-0.1, -0.05) is 23.7 Å². The lowest BCUT2D eigenvalue weighted by atomic mass is 10.2. The van der Waals surface area contributed by atoms with E-state index in [0.717, 1.165) is 5.69 Å². The Morgan fingerprint density at radius 2 is 2.15 bits per heavy atom. The first-order chi connectivity index (χ1) is 9.52. The quantitative estimate of drug-likeness (QED) is 0.944. The van der Waals surface area contributed by atoms with E-state index in [4.69, 9.17) is 16.9 Å². The minimum Gasteiger partial charge on any atom is -0.323 e. The lowest BCUT2D eigenvalue weighted by Crippen LogP contribution is -2.20. The zero-order valence-corrected chi connectivity index (χ0v) is 11.9. The van der Waals surface area contributed by atoms with Crippen molar-refractivity contribution in [3.8, 4) is 6.07 Å². The number of amides is 1. The van der Waals surface area contributed by atoms with Crippen LogP contribution in [0.3, 0.4) is 0 Å². The Hall–Kier alpha value is -2.32. The number of halogens is 1. The number of nitriles is 1. The molecule has 0 spiro atoms. The fourth-order valence-corrected chi connectivity index (χ4v) is 1.98. The molecule has 0 saturated heterocycles. The van der Waals surface area contributed by atoms with Gasteiger partial charge in [-0.2, -0.15) is 10.4 Å². The number of nitrogens with one attached hydrogen (secondary N) is 1. The van der Waals surface area contributed by atoms with E-state index in [9.17, 15) is 4.79 Å². The third-order valence-electron chi connectivity index (χ3n) is 2.91. The summed E-state index contributed by atoms with van der Waals surface area (Å²) in [6.45, 7) is 3.65. The smallest absolute Gasteiger partial charge is 0.246 e. The van der Waals surface area contributed by atoms with Crippen LogP contribution in [0.2, 0.25) is 5.02 Å². The Labute approximate surface area is 121 Å². The lowest BCUT2D eigenvalue weighted by molar-refractivity contribution is -0.116. The summed E-state index contributed by atoms with van der Waals surface area (Å²) in [5, 5.41) is 16.4. The molecule has 0 bridgehead atoms. The average Bonchev–Trinajstić information content (AvgIpc) is 2.67. The van der Waals surface area contributed by atoms with Crippen LogP contribution in [0.5, 0.6) is 0 Å². The van der Waals surface area contributed by atoms with Crippen LogP contribution in [0.4, 0.5) is 5.69 Å². The van der Waals surface area contributed by atoms with Gasteiger partial charge in [0.25, 0.3) is 0 Å². The number of para-hydroxylation sites is 1. The zero-order valence-electron chi connectivity index (χ0n) is 11.1. The van der Waals surface area contributed by atoms with E-state index >= 15 is 0 Å². The Morgan fingerprint density at radius 3 is 2.75 bits per heavy atom. The minimum atomic E-state index is -0.255. The molecule has 0 aliphatic rings. The number of anilines is 1. The molecular weight excluding hydrogens is 276 g/mol. The molecule has 5 nitrogen and oxygen atoms in total. The van der Waals surface area contributed by atoms with Gasteiger partial charge < -0.3 is 5.32 Å². The molecule has 1 aromatic heterocycles. The van der Waals surface area contributed by atoms with Gasteiger partial charge in [-0.3, -0.25) is 9.48 Å². The Morgan fingerprint density at radius 1 is 1.45 bits per heavy atom. The lowest BCUT2D eigenvalue weighted by Gasteiger charge is -2.08. The van der Waals surface area contributed by atoms with Crippen molar-refractivity contribution in [3.05, 3.63) is 46.2 Å².